The number of aryl methyl sites for hydroxylation is 1. The van der Waals surface area contributed by atoms with Gasteiger partial charge < -0.3 is 14.8 Å². The minimum Gasteiger partial charge on any atom is -0.462 e. The number of ether oxygens (including phenoxy) is 2. The van der Waals surface area contributed by atoms with Crippen molar-refractivity contribution >= 4 is 5.97 Å². The number of aromatic nitrogens is 2. The van der Waals surface area contributed by atoms with Crippen LogP contribution in [0.3, 0.4) is 0 Å². The fourth-order valence-corrected chi connectivity index (χ4v) is 2.39. The zero-order valence-electron chi connectivity index (χ0n) is 12.2. The first-order chi connectivity index (χ1) is 9.72. The summed E-state index contributed by atoms with van der Waals surface area (Å²) in [5.41, 5.74) is 1.40. The summed E-state index contributed by atoms with van der Waals surface area (Å²) in [7, 11) is 1.83. The molecule has 1 aliphatic heterocycles. The molecule has 2 heterocycles. The summed E-state index contributed by atoms with van der Waals surface area (Å²) in [5.74, 6) is -0.309. The highest BCUT2D eigenvalue weighted by atomic mass is 16.5. The number of esters is 1. The summed E-state index contributed by atoms with van der Waals surface area (Å²) in [4.78, 5) is 11.8. The van der Waals surface area contributed by atoms with Crippen LogP contribution in [0.15, 0.2) is 6.20 Å². The van der Waals surface area contributed by atoms with Gasteiger partial charge >= 0.3 is 5.97 Å². The van der Waals surface area contributed by atoms with Crippen molar-refractivity contribution in [2.45, 2.75) is 38.8 Å². The van der Waals surface area contributed by atoms with E-state index in [0.29, 0.717) is 24.8 Å². The van der Waals surface area contributed by atoms with E-state index in [4.69, 9.17) is 9.47 Å². The highest BCUT2D eigenvalue weighted by Crippen LogP contribution is 2.14. The molecule has 1 aromatic heterocycles. The van der Waals surface area contributed by atoms with Crippen LogP contribution in [0.25, 0.3) is 0 Å². The van der Waals surface area contributed by atoms with Crippen LogP contribution in [0.4, 0.5) is 0 Å². The molecule has 0 aliphatic carbocycles. The Morgan fingerprint density at radius 3 is 3.20 bits per heavy atom. The van der Waals surface area contributed by atoms with Crippen molar-refractivity contribution in [1.29, 1.82) is 0 Å². The molecule has 0 bridgehead atoms. The van der Waals surface area contributed by atoms with Gasteiger partial charge in [-0.2, -0.15) is 5.10 Å². The molecule has 1 fully saturated rings. The van der Waals surface area contributed by atoms with E-state index in [2.05, 4.69) is 10.4 Å². The van der Waals surface area contributed by atoms with Crippen molar-refractivity contribution in [3.8, 4) is 0 Å². The van der Waals surface area contributed by atoms with Crippen LogP contribution in [0.1, 0.15) is 42.2 Å². The third-order valence-corrected chi connectivity index (χ3v) is 3.52. The summed E-state index contributed by atoms with van der Waals surface area (Å²) in [6.07, 6.45) is 5.28. The van der Waals surface area contributed by atoms with E-state index >= 15 is 0 Å². The van der Waals surface area contributed by atoms with E-state index in [-0.39, 0.29) is 5.97 Å². The Morgan fingerprint density at radius 1 is 1.65 bits per heavy atom. The lowest BCUT2D eigenvalue weighted by atomic mass is 10.2. The van der Waals surface area contributed by atoms with Crippen molar-refractivity contribution in [2.75, 3.05) is 19.8 Å². The summed E-state index contributed by atoms with van der Waals surface area (Å²) < 4.78 is 12.3. The third-order valence-electron chi connectivity index (χ3n) is 3.52. The van der Waals surface area contributed by atoms with Gasteiger partial charge in [-0.05, 0) is 32.7 Å². The molecule has 0 spiro atoms. The topological polar surface area (TPSA) is 65.4 Å². The number of rotatable bonds is 7. The van der Waals surface area contributed by atoms with Crippen molar-refractivity contribution in [3.05, 3.63) is 17.5 Å². The highest BCUT2D eigenvalue weighted by molar-refractivity contribution is 5.90. The smallest absolute Gasteiger partial charge is 0.341 e. The van der Waals surface area contributed by atoms with Crippen molar-refractivity contribution in [1.82, 2.24) is 15.1 Å². The first-order valence-electron chi connectivity index (χ1n) is 7.22. The zero-order chi connectivity index (χ0) is 14.4. The lowest BCUT2D eigenvalue weighted by Gasteiger charge is -2.11. The largest absolute Gasteiger partial charge is 0.462 e. The van der Waals surface area contributed by atoms with Crippen molar-refractivity contribution < 1.29 is 14.3 Å². The number of carbonyl (C=O) groups is 1. The summed E-state index contributed by atoms with van der Waals surface area (Å²) >= 11 is 0. The van der Waals surface area contributed by atoms with Gasteiger partial charge in [-0.1, -0.05) is 0 Å². The summed E-state index contributed by atoms with van der Waals surface area (Å²) in [6, 6.07) is 0. The first kappa shape index (κ1) is 15.0. The number of carbonyl (C=O) groups excluding carboxylic acids is 1. The van der Waals surface area contributed by atoms with Gasteiger partial charge in [0.2, 0.25) is 0 Å². The maximum atomic E-state index is 11.8. The van der Waals surface area contributed by atoms with E-state index in [0.717, 1.165) is 31.7 Å². The lowest BCUT2D eigenvalue weighted by molar-refractivity contribution is 0.0524. The van der Waals surface area contributed by atoms with Crippen molar-refractivity contribution in [3.63, 3.8) is 0 Å². The number of nitrogens with zero attached hydrogens (tertiary/aromatic N) is 2. The zero-order valence-corrected chi connectivity index (χ0v) is 12.2. The molecule has 2 rings (SSSR count). The van der Waals surface area contributed by atoms with Gasteiger partial charge in [-0.3, -0.25) is 4.68 Å². The molecule has 0 radical (unpaired) electrons. The molecule has 0 saturated carbocycles. The second-order valence-corrected chi connectivity index (χ2v) is 4.95. The molecule has 1 unspecified atom stereocenters. The van der Waals surface area contributed by atoms with Gasteiger partial charge in [0.15, 0.2) is 0 Å². The maximum absolute atomic E-state index is 11.8. The third kappa shape index (κ3) is 3.80. The van der Waals surface area contributed by atoms with E-state index < -0.39 is 0 Å². The Kier molecular flexibility index (Phi) is 5.55. The van der Waals surface area contributed by atoms with Crippen molar-refractivity contribution in [2.24, 2.45) is 7.05 Å². The lowest BCUT2D eigenvalue weighted by Crippen LogP contribution is -2.22. The van der Waals surface area contributed by atoms with Gasteiger partial charge in [0.25, 0.3) is 0 Å². The molecule has 1 atom stereocenters. The van der Waals surface area contributed by atoms with Gasteiger partial charge in [-0.25, -0.2) is 4.79 Å². The minimum absolute atomic E-state index is 0.309. The van der Waals surface area contributed by atoms with E-state index in [1.807, 2.05) is 7.05 Å². The predicted octanol–water partition coefficient (Wildman–Crippen LogP) is 1.26. The van der Waals surface area contributed by atoms with Crippen LogP contribution >= 0.6 is 0 Å². The van der Waals surface area contributed by atoms with E-state index in [1.165, 1.54) is 6.42 Å². The summed E-state index contributed by atoms with van der Waals surface area (Å²) in [5, 5.41) is 7.47. The summed E-state index contributed by atoms with van der Waals surface area (Å²) in [6.45, 7) is 4.54. The van der Waals surface area contributed by atoms with Crippen LogP contribution < -0.4 is 5.32 Å². The molecule has 0 amide bonds. The van der Waals surface area contributed by atoms with Crippen LogP contribution in [-0.4, -0.2) is 41.6 Å². The second-order valence-electron chi connectivity index (χ2n) is 4.95. The van der Waals surface area contributed by atoms with Gasteiger partial charge in [-0.15, -0.1) is 0 Å². The number of hydrogen-bond acceptors (Lipinski definition) is 5. The Morgan fingerprint density at radius 2 is 2.50 bits per heavy atom. The monoisotopic (exact) mass is 281 g/mol. The Hall–Kier alpha value is -1.40. The quantitative estimate of drug-likeness (QED) is 0.602. The molecule has 6 heteroatoms. The van der Waals surface area contributed by atoms with Crippen LogP contribution in [0, 0.1) is 0 Å². The molecule has 1 saturated heterocycles. The average molecular weight is 281 g/mol. The second kappa shape index (κ2) is 7.40. The molecule has 20 heavy (non-hydrogen) atoms. The molecular weight excluding hydrogens is 258 g/mol. The first-order valence-corrected chi connectivity index (χ1v) is 7.22. The average Bonchev–Trinajstić information content (AvgIpc) is 3.05. The Balaban J connectivity index is 1.82. The van der Waals surface area contributed by atoms with Crippen LogP contribution in [0.2, 0.25) is 0 Å². The fraction of sp³-hybridized carbons (Fsp3) is 0.714. The highest BCUT2D eigenvalue weighted by Gasteiger charge is 2.17. The number of nitrogens with one attached hydrogen (secondary N) is 1. The predicted molar refractivity (Wildman–Crippen MR) is 74.5 cm³/mol. The molecule has 1 aliphatic rings. The maximum Gasteiger partial charge on any atom is 0.341 e. The normalized spacial score (nSPS) is 18.4. The Labute approximate surface area is 119 Å². The number of hydrogen-bond donors (Lipinski definition) is 1. The Bertz CT molecular complexity index is 439. The van der Waals surface area contributed by atoms with Gasteiger partial charge in [0.1, 0.15) is 5.56 Å². The molecule has 1 N–H and O–H groups in total. The molecular formula is C14H23N3O3. The minimum atomic E-state index is -0.309. The van der Waals surface area contributed by atoms with Crippen LogP contribution in [-0.2, 0) is 23.1 Å². The van der Waals surface area contributed by atoms with E-state index in [1.54, 1.807) is 17.8 Å². The standard InChI is InChI=1S/C14H23N3O3/c1-3-19-14(18)12-9-16-17(2)13(12)10-15-7-6-11-5-4-8-20-11/h9,11,15H,3-8,10H2,1-2H3. The molecule has 1 aromatic rings. The van der Waals surface area contributed by atoms with Gasteiger partial charge in [0.05, 0.1) is 24.6 Å². The molecule has 0 aromatic carbocycles. The molecule has 6 nitrogen and oxygen atoms in total. The molecule has 112 valence electrons. The van der Waals surface area contributed by atoms with Crippen LogP contribution in [0.5, 0.6) is 0 Å². The van der Waals surface area contributed by atoms with Gasteiger partial charge in [0, 0.05) is 20.2 Å². The van der Waals surface area contributed by atoms with E-state index in [9.17, 15) is 4.79 Å². The SMILES string of the molecule is CCOC(=O)c1cnn(C)c1CNCCC1CCCO1. The fourth-order valence-electron chi connectivity index (χ4n) is 2.39.